The number of carbonyl (C=O) groups is 1. The van der Waals surface area contributed by atoms with Gasteiger partial charge in [-0.1, -0.05) is 26.7 Å². The average Bonchev–Trinajstić information content (AvgIpc) is 2.15. The van der Waals surface area contributed by atoms with Gasteiger partial charge >= 0.3 is 5.97 Å². The number of rotatable bonds is 4. The van der Waals surface area contributed by atoms with E-state index in [1.165, 1.54) is 6.42 Å². The molecular weight excluding hydrogens is 214 g/mol. The zero-order valence-corrected chi connectivity index (χ0v) is 11.6. The molecule has 0 aromatic heterocycles. The Hall–Kier alpha value is -0.570. The van der Waals surface area contributed by atoms with Crippen molar-refractivity contribution in [2.24, 2.45) is 23.0 Å². The van der Waals surface area contributed by atoms with Gasteiger partial charge in [0.25, 0.3) is 0 Å². The lowest BCUT2D eigenvalue weighted by molar-refractivity contribution is -0.142. The third-order valence-electron chi connectivity index (χ3n) is 4.68. The lowest BCUT2D eigenvalue weighted by atomic mass is 9.57. The standard InChI is InChI=1S/C14H27NO2/c1-10(2)11-6-5-7-14(8-11,9-12(16)17)13(3,4)15/h10-11H,5-9,15H2,1-4H3,(H,16,17). The number of carboxylic acid groups (broad SMARTS) is 1. The Labute approximate surface area is 105 Å². The van der Waals surface area contributed by atoms with E-state index in [9.17, 15) is 4.79 Å². The Bertz CT molecular complexity index is 280. The summed E-state index contributed by atoms with van der Waals surface area (Å²) in [6, 6.07) is 0. The van der Waals surface area contributed by atoms with Crippen LogP contribution in [0.25, 0.3) is 0 Å². The first-order valence-corrected chi connectivity index (χ1v) is 6.69. The molecule has 0 amide bonds. The van der Waals surface area contributed by atoms with E-state index in [2.05, 4.69) is 13.8 Å². The van der Waals surface area contributed by atoms with E-state index in [1.54, 1.807) is 0 Å². The van der Waals surface area contributed by atoms with Crippen molar-refractivity contribution < 1.29 is 9.90 Å². The minimum Gasteiger partial charge on any atom is -0.481 e. The van der Waals surface area contributed by atoms with Crippen LogP contribution in [0.5, 0.6) is 0 Å². The van der Waals surface area contributed by atoms with E-state index in [-0.39, 0.29) is 11.8 Å². The molecule has 3 heteroatoms. The van der Waals surface area contributed by atoms with Crippen molar-refractivity contribution in [1.82, 2.24) is 0 Å². The topological polar surface area (TPSA) is 63.3 Å². The van der Waals surface area contributed by atoms with E-state index >= 15 is 0 Å². The largest absolute Gasteiger partial charge is 0.481 e. The molecule has 0 spiro atoms. The zero-order chi connectivity index (χ0) is 13.3. The van der Waals surface area contributed by atoms with Gasteiger partial charge in [-0.05, 0) is 43.9 Å². The van der Waals surface area contributed by atoms with Crippen molar-refractivity contribution in [1.29, 1.82) is 0 Å². The van der Waals surface area contributed by atoms with Crippen LogP contribution in [0, 0.1) is 17.3 Å². The number of nitrogens with two attached hydrogens (primary N) is 1. The molecule has 1 rings (SSSR count). The molecule has 1 aliphatic carbocycles. The van der Waals surface area contributed by atoms with E-state index in [0.29, 0.717) is 11.8 Å². The molecule has 0 aromatic rings. The van der Waals surface area contributed by atoms with Crippen LogP contribution in [-0.4, -0.2) is 16.6 Å². The van der Waals surface area contributed by atoms with Crippen LogP contribution in [-0.2, 0) is 4.79 Å². The number of aliphatic carboxylic acids is 1. The van der Waals surface area contributed by atoms with Gasteiger partial charge in [0.15, 0.2) is 0 Å². The maximum atomic E-state index is 11.1. The molecule has 0 bridgehead atoms. The maximum absolute atomic E-state index is 11.1. The van der Waals surface area contributed by atoms with Gasteiger partial charge in [-0.3, -0.25) is 4.79 Å². The monoisotopic (exact) mass is 241 g/mol. The zero-order valence-electron chi connectivity index (χ0n) is 11.6. The van der Waals surface area contributed by atoms with Gasteiger partial charge in [0.2, 0.25) is 0 Å². The van der Waals surface area contributed by atoms with Crippen LogP contribution in [0.15, 0.2) is 0 Å². The first kappa shape index (κ1) is 14.5. The molecule has 1 saturated carbocycles. The lowest BCUT2D eigenvalue weighted by Gasteiger charge is -2.49. The van der Waals surface area contributed by atoms with E-state index in [0.717, 1.165) is 19.3 Å². The van der Waals surface area contributed by atoms with Crippen molar-refractivity contribution in [2.45, 2.75) is 65.3 Å². The summed E-state index contributed by atoms with van der Waals surface area (Å²) in [5.41, 5.74) is 5.64. The molecule has 0 radical (unpaired) electrons. The summed E-state index contributed by atoms with van der Waals surface area (Å²) in [5.74, 6) is 0.518. The quantitative estimate of drug-likeness (QED) is 0.795. The van der Waals surface area contributed by atoms with Gasteiger partial charge in [0.1, 0.15) is 0 Å². The number of hydrogen-bond donors (Lipinski definition) is 2. The second-order valence-electron chi connectivity index (χ2n) is 6.67. The minimum absolute atomic E-state index is 0.208. The highest BCUT2D eigenvalue weighted by atomic mass is 16.4. The fourth-order valence-corrected chi connectivity index (χ4v) is 3.24. The maximum Gasteiger partial charge on any atom is 0.303 e. The van der Waals surface area contributed by atoms with Gasteiger partial charge in [0, 0.05) is 5.54 Å². The third-order valence-corrected chi connectivity index (χ3v) is 4.68. The first-order chi connectivity index (χ1) is 7.68. The van der Waals surface area contributed by atoms with Gasteiger partial charge in [-0.15, -0.1) is 0 Å². The smallest absolute Gasteiger partial charge is 0.303 e. The minimum atomic E-state index is -0.715. The van der Waals surface area contributed by atoms with Crippen LogP contribution in [0.2, 0.25) is 0 Å². The van der Waals surface area contributed by atoms with Crippen molar-refractivity contribution in [3.05, 3.63) is 0 Å². The summed E-state index contributed by atoms with van der Waals surface area (Å²) in [4.78, 5) is 11.1. The number of carboxylic acids is 1. The van der Waals surface area contributed by atoms with Crippen LogP contribution in [0.3, 0.4) is 0 Å². The predicted molar refractivity (Wildman–Crippen MR) is 69.7 cm³/mol. The van der Waals surface area contributed by atoms with Gasteiger partial charge < -0.3 is 10.8 Å². The molecule has 0 saturated heterocycles. The summed E-state index contributed by atoms with van der Waals surface area (Å²) in [5, 5.41) is 9.16. The van der Waals surface area contributed by atoms with Crippen molar-refractivity contribution in [2.75, 3.05) is 0 Å². The fourth-order valence-electron chi connectivity index (χ4n) is 3.24. The Morgan fingerprint density at radius 2 is 2.12 bits per heavy atom. The average molecular weight is 241 g/mol. The molecule has 1 aliphatic rings. The van der Waals surface area contributed by atoms with Crippen molar-refractivity contribution in [3.8, 4) is 0 Å². The number of hydrogen-bond acceptors (Lipinski definition) is 2. The van der Waals surface area contributed by atoms with Gasteiger partial charge in [-0.25, -0.2) is 0 Å². The highest BCUT2D eigenvalue weighted by Gasteiger charge is 2.47. The van der Waals surface area contributed by atoms with E-state index in [4.69, 9.17) is 10.8 Å². The summed E-state index contributed by atoms with van der Waals surface area (Å²) in [7, 11) is 0. The molecule has 0 heterocycles. The van der Waals surface area contributed by atoms with Gasteiger partial charge in [0.05, 0.1) is 6.42 Å². The fraction of sp³-hybridized carbons (Fsp3) is 0.929. The lowest BCUT2D eigenvalue weighted by Crippen LogP contribution is -2.54. The van der Waals surface area contributed by atoms with E-state index < -0.39 is 11.5 Å². The Morgan fingerprint density at radius 3 is 2.53 bits per heavy atom. The van der Waals surface area contributed by atoms with Crippen molar-refractivity contribution >= 4 is 5.97 Å². The molecule has 17 heavy (non-hydrogen) atoms. The highest BCUT2D eigenvalue weighted by molar-refractivity contribution is 5.68. The normalized spacial score (nSPS) is 30.6. The molecule has 2 unspecified atom stereocenters. The second-order valence-corrected chi connectivity index (χ2v) is 6.67. The van der Waals surface area contributed by atoms with Crippen LogP contribution < -0.4 is 5.73 Å². The Kier molecular flexibility index (Phi) is 4.23. The van der Waals surface area contributed by atoms with Crippen molar-refractivity contribution in [3.63, 3.8) is 0 Å². The predicted octanol–water partition coefficient (Wildman–Crippen LogP) is 3.03. The highest BCUT2D eigenvalue weighted by Crippen LogP contribution is 2.50. The first-order valence-electron chi connectivity index (χ1n) is 6.69. The molecule has 3 nitrogen and oxygen atoms in total. The van der Waals surface area contributed by atoms with Crippen LogP contribution >= 0.6 is 0 Å². The summed E-state index contributed by atoms with van der Waals surface area (Å²) < 4.78 is 0. The second kappa shape index (κ2) is 4.97. The Balaban J connectivity index is 2.94. The summed E-state index contributed by atoms with van der Waals surface area (Å²) in [6.45, 7) is 8.42. The van der Waals surface area contributed by atoms with Crippen LogP contribution in [0.1, 0.15) is 59.8 Å². The molecule has 0 aliphatic heterocycles. The van der Waals surface area contributed by atoms with Crippen LogP contribution in [0.4, 0.5) is 0 Å². The molecule has 0 aromatic carbocycles. The third kappa shape index (κ3) is 3.21. The Morgan fingerprint density at radius 1 is 1.53 bits per heavy atom. The summed E-state index contributed by atoms with van der Waals surface area (Å²) >= 11 is 0. The SMILES string of the molecule is CC(C)C1CCCC(CC(=O)O)(C(C)(C)N)C1. The van der Waals surface area contributed by atoms with E-state index in [1.807, 2.05) is 13.8 Å². The molecular formula is C14H27NO2. The molecule has 100 valence electrons. The molecule has 1 fully saturated rings. The molecule has 3 N–H and O–H groups in total. The van der Waals surface area contributed by atoms with Gasteiger partial charge in [-0.2, -0.15) is 0 Å². The molecule has 2 atom stereocenters. The summed E-state index contributed by atoms with van der Waals surface area (Å²) in [6.07, 6.45) is 4.44.